The van der Waals surface area contributed by atoms with Crippen molar-refractivity contribution in [3.05, 3.63) is 63.5 Å². The molecule has 0 bridgehead atoms. The molecule has 0 radical (unpaired) electrons. The summed E-state index contributed by atoms with van der Waals surface area (Å²) in [7, 11) is 0. The monoisotopic (exact) mass is 571 g/mol. The first-order valence-electron chi connectivity index (χ1n) is 12.4. The van der Waals surface area contributed by atoms with Crippen LogP contribution in [0.15, 0.2) is 53.0 Å². The lowest BCUT2D eigenvalue weighted by molar-refractivity contribution is -0.144. The average molecular weight is 572 g/mol. The van der Waals surface area contributed by atoms with Crippen LogP contribution in [0.25, 0.3) is 0 Å². The van der Waals surface area contributed by atoms with Crippen LogP contribution in [0.4, 0.5) is 5.69 Å². The molecule has 2 aromatic rings. The normalized spacial score (nSPS) is 20.0. The zero-order valence-corrected chi connectivity index (χ0v) is 23.4. The number of ether oxygens (including phenoxy) is 2. The third-order valence-corrected chi connectivity index (χ3v) is 8.51. The zero-order chi connectivity index (χ0) is 28.1. The highest BCUT2D eigenvalue weighted by Crippen LogP contribution is 2.51. The van der Waals surface area contributed by atoms with Crippen molar-refractivity contribution in [2.45, 2.75) is 50.3 Å². The summed E-state index contributed by atoms with van der Waals surface area (Å²) in [5, 5.41) is 6.34. The van der Waals surface area contributed by atoms with E-state index in [0.29, 0.717) is 23.4 Å². The molecule has 39 heavy (non-hydrogen) atoms. The first-order chi connectivity index (χ1) is 18.7. The summed E-state index contributed by atoms with van der Waals surface area (Å²) in [5.74, 6) is -2.68. The Morgan fingerprint density at radius 1 is 1.05 bits per heavy atom. The van der Waals surface area contributed by atoms with Crippen LogP contribution >= 0.6 is 23.1 Å². The summed E-state index contributed by atoms with van der Waals surface area (Å²) in [6.07, 6.45) is 1.68. The average Bonchev–Trinajstić information content (AvgIpc) is 3.41. The molecule has 1 unspecified atom stereocenters. The van der Waals surface area contributed by atoms with Crippen LogP contribution in [0.2, 0.25) is 0 Å². The van der Waals surface area contributed by atoms with Gasteiger partial charge in [0.2, 0.25) is 11.8 Å². The van der Waals surface area contributed by atoms with Crippen molar-refractivity contribution in [3.63, 3.8) is 0 Å². The van der Waals surface area contributed by atoms with Gasteiger partial charge in [-0.3, -0.25) is 24.1 Å². The largest absolute Gasteiger partial charge is 0.462 e. The highest BCUT2D eigenvalue weighted by Gasteiger charge is 2.56. The van der Waals surface area contributed by atoms with Gasteiger partial charge in [-0.1, -0.05) is 19.4 Å². The molecule has 12 heteroatoms. The number of benzene rings is 1. The Kier molecular flexibility index (Phi) is 9.08. The number of nitrogens with zero attached hydrogens (tertiary/aromatic N) is 1. The van der Waals surface area contributed by atoms with Gasteiger partial charge in [0.15, 0.2) is 0 Å². The van der Waals surface area contributed by atoms with E-state index < -0.39 is 34.5 Å². The highest BCUT2D eigenvalue weighted by molar-refractivity contribution is 8.00. The topological polar surface area (TPSA) is 131 Å². The fraction of sp³-hybridized carbons (Fsp3) is 0.370. The molecule has 206 valence electrons. The molecule has 3 heterocycles. The van der Waals surface area contributed by atoms with Gasteiger partial charge < -0.3 is 20.1 Å². The molecule has 0 spiro atoms. The number of amides is 3. The van der Waals surface area contributed by atoms with Crippen molar-refractivity contribution in [1.82, 2.24) is 10.2 Å². The van der Waals surface area contributed by atoms with Crippen molar-refractivity contribution < 1.29 is 33.4 Å². The van der Waals surface area contributed by atoms with Crippen LogP contribution in [0.1, 0.15) is 54.8 Å². The van der Waals surface area contributed by atoms with Gasteiger partial charge in [0.1, 0.15) is 29.0 Å². The van der Waals surface area contributed by atoms with Crippen LogP contribution in [-0.2, 0) is 28.7 Å². The molecule has 0 saturated carbocycles. The minimum Gasteiger partial charge on any atom is -0.462 e. The number of fused-ring (bicyclic) bond motifs is 1. The molecule has 2 aliphatic rings. The van der Waals surface area contributed by atoms with Crippen LogP contribution in [0.5, 0.6) is 0 Å². The molecule has 1 aromatic carbocycles. The van der Waals surface area contributed by atoms with E-state index in [-0.39, 0.29) is 24.1 Å². The van der Waals surface area contributed by atoms with Crippen LogP contribution in [-0.4, -0.2) is 58.5 Å². The van der Waals surface area contributed by atoms with Gasteiger partial charge in [0.25, 0.3) is 5.91 Å². The molecule has 2 N–H and O–H groups in total. The number of esters is 2. The fourth-order valence-corrected chi connectivity index (χ4v) is 6.77. The van der Waals surface area contributed by atoms with E-state index in [4.69, 9.17) is 9.47 Å². The molecule has 2 aliphatic heterocycles. The summed E-state index contributed by atoms with van der Waals surface area (Å²) in [6, 6.07) is 9.93. The summed E-state index contributed by atoms with van der Waals surface area (Å²) in [6.45, 7) is 4.65. The molecule has 4 rings (SSSR count). The number of thioether (sulfide) groups is 1. The van der Waals surface area contributed by atoms with Crippen molar-refractivity contribution in [3.8, 4) is 0 Å². The minimum absolute atomic E-state index is 0.0274. The van der Waals surface area contributed by atoms with Gasteiger partial charge in [-0.2, -0.15) is 0 Å². The highest BCUT2D eigenvalue weighted by atomic mass is 32.2. The van der Waals surface area contributed by atoms with Crippen LogP contribution in [0, 0.1) is 0 Å². The van der Waals surface area contributed by atoms with E-state index in [2.05, 4.69) is 10.6 Å². The molecule has 1 aromatic heterocycles. The Morgan fingerprint density at radius 3 is 2.41 bits per heavy atom. The number of nitrogens with one attached hydrogen (secondary N) is 2. The Balaban J connectivity index is 1.63. The SMILES string of the molecule is CCCCOC(=O)c1ccc(NC(=O)C2=C(COC(C)=O)C(NC(C)=O)S[C@@H]3[C@H](c4cccs4)C(=O)N23)cc1. The van der Waals surface area contributed by atoms with Gasteiger partial charge in [0.05, 0.1) is 12.2 Å². The van der Waals surface area contributed by atoms with Crippen molar-refractivity contribution in [1.29, 1.82) is 0 Å². The first kappa shape index (κ1) is 28.4. The van der Waals surface area contributed by atoms with Crippen molar-refractivity contribution in [2.24, 2.45) is 0 Å². The van der Waals surface area contributed by atoms with Gasteiger partial charge in [-0.05, 0) is 42.1 Å². The standard InChI is InChI=1S/C27H29N3O7S2/c1-4-5-12-36-27(35)17-8-10-18(11-9-17)29-23(33)22-19(14-37-16(3)32)24(28-15(2)31)39-26-21(25(34)30(22)26)20-7-6-13-38-20/h6-11,13,21,24,26H,4-5,12,14H2,1-3H3,(H,28,31)(H,29,33)/t21-,24?,26-/m1/s1. The number of rotatable bonds is 10. The molecular weight excluding hydrogens is 542 g/mol. The number of carbonyl (C=O) groups excluding carboxylic acids is 5. The molecular formula is C27H29N3O7S2. The quantitative estimate of drug-likeness (QED) is 0.251. The maximum absolute atomic E-state index is 13.7. The summed E-state index contributed by atoms with van der Waals surface area (Å²) >= 11 is 2.77. The Bertz CT molecular complexity index is 1290. The second kappa shape index (κ2) is 12.5. The smallest absolute Gasteiger partial charge is 0.338 e. The second-order valence-electron chi connectivity index (χ2n) is 8.98. The second-order valence-corrected chi connectivity index (χ2v) is 11.2. The fourth-order valence-electron chi connectivity index (χ4n) is 4.23. The lowest BCUT2D eigenvalue weighted by atomic mass is 9.93. The van der Waals surface area contributed by atoms with Crippen molar-refractivity contribution in [2.75, 3.05) is 18.5 Å². The Hall–Kier alpha value is -3.64. The number of anilines is 1. The van der Waals surface area contributed by atoms with E-state index >= 15 is 0 Å². The molecule has 3 amide bonds. The van der Waals surface area contributed by atoms with Crippen molar-refractivity contribution >= 4 is 58.4 Å². The number of β-lactam (4-membered cyclic amide) rings is 1. The molecule has 3 atom stereocenters. The summed E-state index contributed by atoms with van der Waals surface area (Å²) in [5.41, 5.74) is 1.06. The lowest BCUT2D eigenvalue weighted by Crippen LogP contribution is -2.62. The first-order valence-corrected chi connectivity index (χ1v) is 14.3. The Labute approximate surface area is 234 Å². The van der Waals surface area contributed by atoms with E-state index in [1.54, 1.807) is 24.3 Å². The lowest BCUT2D eigenvalue weighted by Gasteiger charge is -2.51. The third-order valence-electron chi connectivity index (χ3n) is 6.12. The van der Waals surface area contributed by atoms with Crippen LogP contribution < -0.4 is 10.6 Å². The summed E-state index contributed by atoms with van der Waals surface area (Å²) in [4.78, 5) is 65.2. The number of carbonyl (C=O) groups is 5. The number of unbranched alkanes of at least 4 members (excludes halogenated alkanes) is 1. The minimum atomic E-state index is -0.695. The predicted molar refractivity (Wildman–Crippen MR) is 147 cm³/mol. The van der Waals surface area contributed by atoms with Gasteiger partial charge in [-0.25, -0.2) is 4.79 Å². The third kappa shape index (κ3) is 6.34. The van der Waals surface area contributed by atoms with Gasteiger partial charge in [0, 0.05) is 30.0 Å². The van der Waals surface area contributed by atoms with E-state index in [0.717, 1.165) is 17.7 Å². The van der Waals surface area contributed by atoms with E-state index in [1.807, 2.05) is 24.4 Å². The van der Waals surface area contributed by atoms with Gasteiger partial charge in [-0.15, -0.1) is 23.1 Å². The van der Waals surface area contributed by atoms with E-state index in [1.165, 1.54) is 41.8 Å². The summed E-state index contributed by atoms with van der Waals surface area (Å²) < 4.78 is 10.4. The molecule has 1 saturated heterocycles. The molecule has 10 nitrogen and oxygen atoms in total. The number of hydrogen-bond acceptors (Lipinski definition) is 9. The van der Waals surface area contributed by atoms with E-state index in [9.17, 15) is 24.0 Å². The molecule has 0 aliphatic carbocycles. The zero-order valence-electron chi connectivity index (χ0n) is 21.7. The predicted octanol–water partition coefficient (Wildman–Crippen LogP) is 3.62. The Morgan fingerprint density at radius 2 is 1.79 bits per heavy atom. The molecule has 1 fully saturated rings. The van der Waals surface area contributed by atoms with Crippen LogP contribution in [0.3, 0.4) is 0 Å². The number of thiophene rings is 1. The van der Waals surface area contributed by atoms with Gasteiger partial charge >= 0.3 is 11.9 Å². The maximum Gasteiger partial charge on any atom is 0.338 e. The maximum atomic E-state index is 13.7. The number of hydrogen-bond donors (Lipinski definition) is 2.